The summed E-state index contributed by atoms with van der Waals surface area (Å²) in [6, 6.07) is 0. The van der Waals surface area contributed by atoms with Crippen LogP contribution in [0.15, 0.2) is 4.73 Å². The predicted molar refractivity (Wildman–Crippen MR) is 59.7 cm³/mol. The number of alkyl halides is 3. The Morgan fingerprint density at radius 3 is 2.29 bits per heavy atom. The molecule has 0 unspecified atom stereocenters. The molecule has 0 saturated carbocycles. The van der Waals surface area contributed by atoms with Crippen LogP contribution in [-0.2, 0) is 7.05 Å². The minimum Gasteiger partial charge on any atom is -0.341 e. The van der Waals surface area contributed by atoms with Gasteiger partial charge in [-0.3, -0.25) is 0 Å². The fraction of sp³-hybridized carbons (Fsp3) is 0.778. The van der Waals surface area contributed by atoms with E-state index in [1.165, 1.54) is 0 Å². The van der Waals surface area contributed by atoms with Gasteiger partial charge in [-0.1, -0.05) is 0 Å². The SMILES string of the molecule is Cn1nc(Br)nc1N1CCC(C(F)(F)F)CC1. The van der Waals surface area contributed by atoms with Crippen molar-refractivity contribution in [3.63, 3.8) is 0 Å². The van der Waals surface area contributed by atoms with Gasteiger partial charge in [-0.15, -0.1) is 5.10 Å². The minimum absolute atomic E-state index is 0.119. The summed E-state index contributed by atoms with van der Waals surface area (Å²) in [6.45, 7) is 0.728. The van der Waals surface area contributed by atoms with Crippen LogP contribution in [-0.4, -0.2) is 34.0 Å². The Labute approximate surface area is 105 Å². The summed E-state index contributed by atoms with van der Waals surface area (Å²) >= 11 is 3.14. The minimum atomic E-state index is -4.08. The lowest BCUT2D eigenvalue weighted by molar-refractivity contribution is -0.179. The lowest BCUT2D eigenvalue weighted by Gasteiger charge is -2.33. The molecule has 1 aromatic rings. The van der Waals surface area contributed by atoms with Crippen molar-refractivity contribution in [2.24, 2.45) is 13.0 Å². The summed E-state index contributed by atoms with van der Waals surface area (Å²) in [5, 5.41) is 4.01. The van der Waals surface area contributed by atoms with E-state index in [2.05, 4.69) is 26.0 Å². The molecular weight excluding hydrogens is 301 g/mol. The van der Waals surface area contributed by atoms with Gasteiger partial charge in [0.1, 0.15) is 0 Å². The van der Waals surface area contributed by atoms with E-state index >= 15 is 0 Å². The molecule has 1 aliphatic heterocycles. The van der Waals surface area contributed by atoms with Crippen LogP contribution in [0.3, 0.4) is 0 Å². The van der Waals surface area contributed by atoms with E-state index in [4.69, 9.17) is 0 Å². The molecule has 0 spiro atoms. The molecule has 4 nitrogen and oxygen atoms in total. The summed E-state index contributed by atoms with van der Waals surface area (Å²) in [6.07, 6.45) is -3.84. The molecule has 0 radical (unpaired) electrons. The Morgan fingerprint density at radius 2 is 1.88 bits per heavy atom. The van der Waals surface area contributed by atoms with Crippen LogP contribution in [0.1, 0.15) is 12.8 Å². The molecule has 0 aromatic carbocycles. The van der Waals surface area contributed by atoms with E-state index in [1.807, 2.05) is 4.90 Å². The van der Waals surface area contributed by atoms with Crippen molar-refractivity contribution in [3.05, 3.63) is 4.73 Å². The number of aryl methyl sites for hydroxylation is 1. The highest BCUT2D eigenvalue weighted by Gasteiger charge is 2.41. The molecule has 0 aliphatic carbocycles. The number of nitrogens with zero attached hydrogens (tertiary/aromatic N) is 4. The van der Waals surface area contributed by atoms with Crippen molar-refractivity contribution in [1.82, 2.24) is 14.8 Å². The van der Waals surface area contributed by atoms with Gasteiger partial charge in [0, 0.05) is 20.1 Å². The zero-order valence-electron chi connectivity index (χ0n) is 9.21. The number of aromatic nitrogens is 3. The lowest BCUT2D eigenvalue weighted by atomic mass is 9.96. The van der Waals surface area contributed by atoms with Crippen molar-refractivity contribution in [2.75, 3.05) is 18.0 Å². The normalized spacial score (nSPS) is 18.8. The highest BCUT2D eigenvalue weighted by Crippen LogP contribution is 2.35. The molecule has 2 heterocycles. The van der Waals surface area contributed by atoms with Crippen molar-refractivity contribution in [2.45, 2.75) is 19.0 Å². The van der Waals surface area contributed by atoms with E-state index in [0.29, 0.717) is 23.8 Å². The maximum Gasteiger partial charge on any atom is 0.391 e. The molecule has 0 N–H and O–H groups in total. The van der Waals surface area contributed by atoms with Crippen LogP contribution in [0.2, 0.25) is 0 Å². The zero-order chi connectivity index (χ0) is 12.6. The summed E-state index contributed by atoms with van der Waals surface area (Å²) < 4.78 is 39.5. The number of halogens is 4. The second-order valence-corrected chi connectivity index (χ2v) is 4.82. The number of rotatable bonds is 1. The maximum absolute atomic E-state index is 12.5. The van der Waals surface area contributed by atoms with Crippen molar-refractivity contribution >= 4 is 21.9 Å². The molecule has 17 heavy (non-hydrogen) atoms. The molecule has 1 saturated heterocycles. The largest absolute Gasteiger partial charge is 0.391 e. The van der Waals surface area contributed by atoms with Gasteiger partial charge in [0.25, 0.3) is 0 Å². The van der Waals surface area contributed by atoms with E-state index in [1.54, 1.807) is 11.7 Å². The molecule has 0 atom stereocenters. The molecule has 8 heteroatoms. The molecule has 2 rings (SSSR count). The van der Waals surface area contributed by atoms with E-state index < -0.39 is 12.1 Å². The lowest BCUT2D eigenvalue weighted by Crippen LogP contribution is -2.40. The fourth-order valence-corrected chi connectivity index (χ4v) is 2.42. The van der Waals surface area contributed by atoms with Crippen molar-refractivity contribution < 1.29 is 13.2 Å². The predicted octanol–water partition coefficient (Wildman–Crippen LogP) is 2.36. The van der Waals surface area contributed by atoms with E-state index in [9.17, 15) is 13.2 Å². The van der Waals surface area contributed by atoms with Crippen molar-refractivity contribution in [3.8, 4) is 0 Å². The first-order valence-electron chi connectivity index (χ1n) is 5.26. The fourth-order valence-electron chi connectivity index (χ4n) is 2.03. The Balaban J connectivity index is 2.02. The van der Waals surface area contributed by atoms with Gasteiger partial charge in [-0.05, 0) is 28.8 Å². The zero-order valence-corrected chi connectivity index (χ0v) is 10.8. The number of hydrogen-bond donors (Lipinski definition) is 0. The van der Waals surface area contributed by atoms with E-state index in [-0.39, 0.29) is 12.8 Å². The van der Waals surface area contributed by atoms with Gasteiger partial charge in [-0.25, -0.2) is 4.68 Å². The maximum atomic E-state index is 12.5. The van der Waals surface area contributed by atoms with Crippen LogP contribution in [0.25, 0.3) is 0 Å². The van der Waals surface area contributed by atoms with Gasteiger partial charge >= 0.3 is 6.18 Å². The highest BCUT2D eigenvalue weighted by atomic mass is 79.9. The van der Waals surface area contributed by atoms with Gasteiger partial charge in [0.15, 0.2) is 0 Å². The number of anilines is 1. The molecule has 1 fully saturated rings. The average Bonchev–Trinajstić information content (AvgIpc) is 2.57. The number of hydrogen-bond acceptors (Lipinski definition) is 3. The quantitative estimate of drug-likeness (QED) is 0.798. The van der Waals surface area contributed by atoms with Crippen LogP contribution in [0.4, 0.5) is 19.1 Å². The van der Waals surface area contributed by atoms with Gasteiger partial charge < -0.3 is 4.90 Å². The van der Waals surface area contributed by atoms with E-state index in [0.717, 1.165) is 0 Å². The van der Waals surface area contributed by atoms with Crippen molar-refractivity contribution in [1.29, 1.82) is 0 Å². The van der Waals surface area contributed by atoms with Gasteiger partial charge in [0.05, 0.1) is 5.92 Å². The van der Waals surface area contributed by atoms with Gasteiger partial charge in [-0.2, -0.15) is 18.2 Å². The van der Waals surface area contributed by atoms with Crippen LogP contribution in [0.5, 0.6) is 0 Å². The standard InChI is InChI=1S/C9H12BrF3N4/c1-16-8(14-7(10)15-16)17-4-2-6(3-5-17)9(11,12)13/h6H,2-5H2,1H3. The number of piperidine rings is 1. The summed E-state index contributed by atoms with van der Waals surface area (Å²) in [5.74, 6) is -0.576. The first-order valence-corrected chi connectivity index (χ1v) is 6.05. The monoisotopic (exact) mass is 312 g/mol. The Bertz CT molecular complexity index is 395. The smallest absolute Gasteiger partial charge is 0.341 e. The summed E-state index contributed by atoms with van der Waals surface area (Å²) in [4.78, 5) is 5.97. The third kappa shape index (κ3) is 2.72. The summed E-state index contributed by atoms with van der Waals surface area (Å²) in [7, 11) is 1.73. The Morgan fingerprint density at radius 1 is 1.29 bits per heavy atom. The van der Waals surface area contributed by atoms with Crippen LogP contribution < -0.4 is 4.90 Å². The van der Waals surface area contributed by atoms with Crippen LogP contribution >= 0.6 is 15.9 Å². The third-order valence-corrected chi connectivity index (χ3v) is 3.29. The molecule has 0 amide bonds. The third-order valence-electron chi connectivity index (χ3n) is 2.95. The molecule has 1 aromatic heterocycles. The van der Waals surface area contributed by atoms with Crippen LogP contribution in [0, 0.1) is 5.92 Å². The summed E-state index contributed by atoms with van der Waals surface area (Å²) in [5.41, 5.74) is 0. The molecule has 1 aliphatic rings. The molecule has 96 valence electrons. The second-order valence-electron chi connectivity index (χ2n) is 4.11. The topological polar surface area (TPSA) is 34.0 Å². The van der Waals surface area contributed by atoms with Gasteiger partial charge in [0.2, 0.25) is 10.7 Å². The Hall–Kier alpha value is -0.790. The highest BCUT2D eigenvalue weighted by molar-refractivity contribution is 9.10. The first kappa shape index (κ1) is 12.7. The Kier molecular flexibility index (Phi) is 3.33. The average molecular weight is 313 g/mol. The first-order chi connectivity index (χ1) is 7.88. The molecule has 0 bridgehead atoms. The molecular formula is C9H12BrF3N4. The second kappa shape index (κ2) is 4.47.